The number of nitrogens with zero attached hydrogens (tertiary/aromatic N) is 1. The van der Waals surface area contributed by atoms with Gasteiger partial charge in [0.15, 0.2) is 0 Å². The molecular weight excluding hydrogens is 289 g/mol. The summed E-state index contributed by atoms with van der Waals surface area (Å²) < 4.78 is 0.722. The summed E-state index contributed by atoms with van der Waals surface area (Å²) >= 11 is 8.68. The number of carbonyl (C=O) groups excluding carboxylic acids is 1. The number of rotatable bonds is 3. The summed E-state index contributed by atoms with van der Waals surface area (Å²) in [7, 11) is 0. The summed E-state index contributed by atoms with van der Waals surface area (Å²) in [4.78, 5) is 14.2. The van der Waals surface area contributed by atoms with Crippen LogP contribution in [0.1, 0.15) is 23.2 Å². The third-order valence-corrected chi connectivity index (χ3v) is 3.88. The molecule has 0 unspecified atom stereocenters. The minimum absolute atomic E-state index is 0.0542. The zero-order valence-electron chi connectivity index (χ0n) is 8.78. The van der Waals surface area contributed by atoms with Crippen molar-refractivity contribution >= 4 is 37.5 Å². The van der Waals surface area contributed by atoms with Gasteiger partial charge in [-0.05, 0) is 0 Å². The average Bonchev–Trinajstić information content (AvgIpc) is 2.81. The number of benzene rings is 1. The molecule has 16 heavy (non-hydrogen) atoms. The maximum atomic E-state index is 12.1. The van der Waals surface area contributed by atoms with E-state index in [-0.39, 0.29) is 5.78 Å². The molecule has 1 aliphatic heterocycles. The molecule has 0 aromatic heterocycles. The Balaban J connectivity index is 2.12. The van der Waals surface area contributed by atoms with Gasteiger partial charge in [-0.25, -0.2) is 0 Å². The van der Waals surface area contributed by atoms with E-state index in [2.05, 4.69) is 20.5 Å². The monoisotopic (exact) mass is 301 g/mol. The Hall–Kier alpha value is -0.631. The van der Waals surface area contributed by atoms with E-state index in [0.29, 0.717) is 10.6 Å². The third-order valence-electron chi connectivity index (χ3n) is 2.69. The van der Waals surface area contributed by atoms with E-state index in [1.807, 2.05) is 0 Å². The van der Waals surface area contributed by atoms with Crippen LogP contribution in [0.15, 0.2) is 24.3 Å². The van der Waals surface area contributed by atoms with Crippen molar-refractivity contribution in [3.05, 3.63) is 34.9 Å². The number of likely N-dealkylation sites (tertiary alicyclic amines) is 1. The van der Waals surface area contributed by atoms with Crippen LogP contribution in [0.4, 0.5) is 0 Å². The molecular formula is C12H12ClNOSe. The van der Waals surface area contributed by atoms with Crippen LogP contribution >= 0.6 is 11.6 Å². The van der Waals surface area contributed by atoms with Crippen molar-refractivity contribution in [2.45, 2.75) is 12.8 Å². The first-order valence-electron chi connectivity index (χ1n) is 5.27. The second-order valence-electron chi connectivity index (χ2n) is 3.84. The number of hydrogen-bond acceptors (Lipinski definition) is 2. The molecule has 0 amide bonds. The fourth-order valence-corrected chi connectivity index (χ4v) is 2.54. The SMILES string of the molecule is O=C(C(=[Se])N1CCCC1)c1ccc(Cl)cc1. The van der Waals surface area contributed by atoms with Gasteiger partial charge in [0.1, 0.15) is 0 Å². The number of carbonyl (C=O) groups is 1. The van der Waals surface area contributed by atoms with E-state index in [1.54, 1.807) is 24.3 Å². The molecule has 1 aliphatic rings. The molecule has 0 saturated carbocycles. The zero-order valence-corrected chi connectivity index (χ0v) is 11.2. The Labute approximate surface area is 108 Å². The molecule has 0 aliphatic carbocycles. The fraction of sp³-hybridized carbons (Fsp3) is 0.333. The molecule has 1 aromatic rings. The van der Waals surface area contributed by atoms with E-state index in [0.717, 1.165) is 17.6 Å². The van der Waals surface area contributed by atoms with E-state index >= 15 is 0 Å². The molecule has 1 fully saturated rings. The first-order valence-corrected chi connectivity index (χ1v) is 6.51. The standard InChI is InChI=1S/C12H12ClNOSe/c13-10-5-3-9(4-6-10)11(15)12(16)14-7-1-2-8-14/h3-6H,1-2,7-8H2. The topological polar surface area (TPSA) is 20.3 Å². The predicted octanol–water partition coefficient (Wildman–Crippen LogP) is 1.92. The Morgan fingerprint density at radius 3 is 2.31 bits per heavy atom. The van der Waals surface area contributed by atoms with Crippen LogP contribution in [0.2, 0.25) is 5.02 Å². The van der Waals surface area contributed by atoms with Crippen LogP contribution in [0.25, 0.3) is 0 Å². The molecule has 0 spiro atoms. The molecule has 0 N–H and O–H groups in total. The van der Waals surface area contributed by atoms with Gasteiger partial charge in [-0.3, -0.25) is 0 Å². The summed E-state index contributed by atoms with van der Waals surface area (Å²) in [6, 6.07) is 7.01. The van der Waals surface area contributed by atoms with Gasteiger partial charge in [0.05, 0.1) is 0 Å². The second kappa shape index (κ2) is 5.13. The Kier molecular flexibility index (Phi) is 3.80. The molecule has 0 radical (unpaired) electrons. The minimum atomic E-state index is 0.0542. The second-order valence-corrected chi connectivity index (χ2v) is 5.08. The van der Waals surface area contributed by atoms with Gasteiger partial charge in [0.2, 0.25) is 0 Å². The molecule has 1 heterocycles. The number of halogens is 1. The third kappa shape index (κ3) is 2.54. The van der Waals surface area contributed by atoms with Gasteiger partial charge in [-0.2, -0.15) is 0 Å². The quantitative estimate of drug-likeness (QED) is 0.628. The zero-order chi connectivity index (χ0) is 11.5. The summed E-state index contributed by atoms with van der Waals surface area (Å²) in [5, 5.41) is 0.652. The number of hydrogen-bond donors (Lipinski definition) is 0. The van der Waals surface area contributed by atoms with Crippen LogP contribution in [0.3, 0.4) is 0 Å². The van der Waals surface area contributed by atoms with Crippen molar-refractivity contribution in [2.24, 2.45) is 0 Å². The van der Waals surface area contributed by atoms with E-state index in [4.69, 9.17) is 11.6 Å². The van der Waals surface area contributed by atoms with Gasteiger partial charge < -0.3 is 0 Å². The Morgan fingerprint density at radius 2 is 1.75 bits per heavy atom. The van der Waals surface area contributed by atoms with Crippen LogP contribution in [-0.4, -0.2) is 43.9 Å². The Morgan fingerprint density at radius 1 is 1.19 bits per heavy atom. The Bertz CT molecular complexity index is 410. The molecule has 1 aromatic carbocycles. The van der Waals surface area contributed by atoms with E-state index < -0.39 is 0 Å². The summed E-state index contributed by atoms with van der Waals surface area (Å²) in [5.41, 5.74) is 0.685. The van der Waals surface area contributed by atoms with Gasteiger partial charge in [-0.1, -0.05) is 0 Å². The normalized spacial score (nSPS) is 15.2. The molecule has 2 rings (SSSR count). The van der Waals surface area contributed by atoms with Gasteiger partial charge in [0.25, 0.3) is 0 Å². The van der Waals surface area contributed by atoms with Crippen LogP contribution < -0.4 is 0 Å². The predicted molar refractivity (Wildman–Crippen MR) is 67.4 cm³/mol. The van der Waals surface area contributed by atoms with Crippen molar-refractivity contribution in [1.82, 2.24) is 4.90 Å². The molecule has 1 saturated heterocycles. The number of ketones is 1. The van der Waals surface area contributed by atoms with Crippen LogP contribution in [-0.2, 0) is 0 Å². The van der Waals surface area contributed by atoms with Crippen LogP contribution in [0.5, 0.6) is 0 Å². The average molecular weight is 301 g/mol. The van der Waals surface area contributed by atoms with Gasteiger partial charge >= 0.3 is 108 Å². The first kappa shape index (κ1) is 11.8. The molecule has 0 bridgehead atoms. The van der Waals surface area contributed by atoms with E-state index in [1.165, 1.54) is 12.8 Å². The summed E-state index contributed by atoms with van der Waals surface area (Å²) in [5.74, 6) is 0.0542. The molecule has 4 heteroatoms. The van der Waals surface area contributed by atoms with Crippen molar-refractivity contribution in [3.63, 3.8) is 0 Å². The maximum absolute atomic E-state index is 12.1. The van der Waals surface area contributed by atoms with E-state index in [9.17, 15) is 4.79 Å². The van der Waals surface area contributed by atoms with Gasteiger partial charge in [0, 0.05) is 0 Å². The van der Waals surface area contributed by atoms with Gasteiger partial charge in [-0.15, -0.1) is 0 Å². The fourth-order valence-electron chi connectivity index (χ4n) is 1.79. The van der Waals surface area contributed by atoms with Crippen molar-refractivity contribution in [3.8, 4) is 0 Å². The molecule has 0 atom stereocenters. The van der Waals surface area contributed by atoms with Crippen molar-refractivity contribution in [2.75, 3.05) is 13.1 Å². The van der Waals surface area contributed by atoms with Crippen molar-refractivity contribution in [1.29, 1.82) is 0 Å². The van der Waals surface area contributed by atoms with Crippen molar-refractivity contribution < 1.29 is 4.79 Å². The molecule has 84 valence electrons. The molecule has 2 nitrogen and oxygen atoms in total. The van der Waals surface area contributed by atoms with Crippen LogP contribution in [0, 0.1) is 0 Å². The first-order chi connectivity index (χ1) is 7.68. The summed E-state index contributed by atoms with van der Waals surface area (Å²) in [6.45, 7) is 1.95. The number of Topliss-reactive ketones (excluding diaryl/α,β-unsaturated/α-hetero) is 1. The summed E-state index contributed by atoms with van der Waals surface area (Å²) in [6.07, 6.45) is 2.33.